The number of benzene rings is 2. The van der Waals surface area contributed by atoms with E-state index in [4.69, 9.17) is 11.6 Å². The summed E-state index contributed by atoms with van der Waals surface area (Å²) in [4.78, 5) is 15.0. The molecule has 1 amide bonds. The number of rotatable bonds is 2. The summed E-state index contributed by atoms with van der Waals surface area (Å²) in [6.07, 6.45) is 1.69. The predicted octanol–water partition coefficient (Wildman–Crippen LogP) is 3.83. The summed E-state index contributed by atoms with van der Waals surface area (Å²) in [5, 5.41) is 3.73. The molecule has 118 valence electrons. The molecule has 0 atom stereocenters. The summed E-state index contributed by atoms with van der Waals surface area (Å²) in [6, 6.07) is 16.2. The zero-order valence-corrected chi connectivity index (χ0v) is 13.6. The highest BCUT2D eigenvalue weighted by molar-refractivity contribution is 6.31. The number of hydrogen-bond acceptors (Lipinski definition) is 2. The summed E-state index contributed by atoms with van der Waals surface area (Å²) in [6.45, 7) is 2.80. The Balaban J connectivity index is 1.53. The van der Waals surface area contributed by atoms with Crippen molar-refractivity contribution in [3.05, 3.63) is 64.7 Å². The second kappa shape index (κ2) is 5.66. The highest BCUT2D eigenvalue weighted by atomic mass is 35.5. The molecule has 1 spiro atoms. The van der Waals surface area contributed by atoms with Gasteiger partial charge in [-0.2, -0.15) is 0 Å². The molecule has 0 radical (unpaired) electrons. The maximum atomic E-state index is 12.6. The maximum Gasteiger partial charge on any atom is 0.235 e. The summed E-state index contributed by atoms with van der Waals surface area (Å²) in [7, 11) is 0. The van der Waals surface area contributed by atoms with E-state index in [0.717, 1.165) is 43.7 Å². The molecule has 4 heteroatoms. The van der Waals surface area contributed by atoms with Crippen LogP contribution in [-0.4, -0.2) is 23.9 Å². The van der Waals surface area contributed by atoms with Crippen LogP contribution in [0.4, 0.5) is 5.69 Å². The van der Waals surface area contributed by atoms with E-state index in [0.29, 0.717) is 5.02 Å². The Morgan fingerprint density at radius 1 is 1.09 bits per heavy atom. The fourth-order valence-corrected chi connectivity index (χ4v) is 3.99. The molecule has 0 saturated carbocycles. The SMILES string of the molecule is O=C1Nc2ccc(Cl)cc2C12CCN(Cc1ccccc1)CC2. The Labute approximate surface area is 141 Å². The molecular formula is C19H19ClN2O. The van der Waals surface area contributed by atoms with E-state index >= 15 is 0 Å². The summed E-state index contributed by atoms with van der Waals surface area (Å²) >= 11 is 6.16. The van der Waals surface area contributed by atoms with E-state index in [-0.39, 0.29) is 5.91 Å². The van der Waals surface area contributed by atoms with Crippen LogP contribution in [-0.2, 0) is 16.8 Å². The third-order valence-corrected chi connectivity index (χ3v) is 5.37. The quantitative estimate of drug-likeness (QED) is 0.909. The first-order valence-corrected chi connectivity index (χ1v) is 8.43. The first kappa shape index (κ1) is 14.7. The molecule has 2 aromatic carbocycles. The summed E-state index contributed by atoms with van der Waals surface area (Å²) in [5.41, 5.74) is 2.93. The highest BCUT2D eigenvalue weighted by Gasteiger charge is 2.48. The fourth-order valence-electron chi connectivity index (χ4n) is 3.82. The number of fused-ring (bicyclic) bond motifs is 2. The van der Waals surface area contributed by atoms with Crippen molar-refractivity contribution in [2.24, 2.45) is 0 Å². The Morgan fingerprint density at radius 2 is 1.83 bits per heavy atom. The van der Waals surface area contributed by atoms with Gasteiger partial charge in [-0.1, -0.05) is 41.9 Å². The third kappa shape index (κ3) is 2.54. The van der Waals surface area contributed by atoms with Gasteiger partial charge in [-0.05, 0) is 55.3 Å². The molecule has 2 aliphatic rings. The lowest BCUT2D eigenvalue weighted by Gasteiger charge is -2.38. The average Bonchev–Trinajstić information content (AvgIpc) is 2.83. The average molecular weight is 327 g/mol. The molecular weight excluding hydrogens is 308 g/mol. The van der Waals surface area contributed by atoms with Gasteiger partial charge in [0.1, 0.15) is 0 Å². The van der Waals surface area contributed by atoms with E-state index in [1.165, 1.54) is 5.56 Å². The molecule has 0 bridgehead atoms. The lowest BCUT2D eigenvalue weighted by Crippen LogP contribution is -2.46. The van der Waals surface area contributed by atoms with Gasteiger partial charge in [-0.15, -0.1) is 0 Å². The van der Waals surface area contributed by atoms with Crippen LogP contribution >= 0.6 is 11.6 Å². The zero-order valence-electron chi connectivity index (χ0n) is 12.9. The molecule has 0 aliphatic carbocycles. The molecule has 0 unspecified atom stereocenters. The van der Waals surface area contributed by atoms with E-state index < -0.39 is 5.41 Å². The topological polar surface area (TPSA) is 32.3 Å². The van der Waals surface area contributed by atoms with Crippen LogP contribution in [0.5, 0.6) is 0 Å². The van der Waals surface area contributed by atoms with Gasteiger partial charge >= 0.3 is 0 Å². The minimum Gasteiger partial charge on any atom is -0.325 e. The largest absolute Gasteiger partial charge is 0.325 e. The van der Waals surface area contributed by atoms with Gasteiger partial charge in [0.2, 0.25) is 5.91 Å². The smallest absolute Gasteiger partial charge is 0.235 e. The van der Waals surface area contributed by atoms with Gasteiger partial charge in [0.25, 0.3) is 0 Å². The zero-order chi connectivity index (χ0) is 15.9. The third-order valence-electron chi connectivity index (χ3n) is 5.14. The number of carbonyl (C=O) groups is 1. The van der Waals surface area contributed by atoms with Crippen LogP contribution in [0, 0.1) is 0 Å². The molecule has 1 saturated heterocycles. The van der Waals surface area contributed by atoms with Crippen molar-refractivity contribution in [3.63, 3.8) is 0 Å². The van der Waals surface area contributed by atoms with Crippen LogP contribution in [0.3, 0.4) is 0 Å². The normalized spacial score (nSPS) is 19.6. The Morgan fingerprint density at radius 3 is 2.57 bits per heavy atom. The number of anilines is 1. The van der Waals surface area contributed by atoms with Crippen molar-refractivity contribution < 1.29 is 4.79 Å². The number of halogens is 1. The lowest BCUT2D eigenvalue weighted by atomic mass is 9.73. The molecule has 4 rings (SSSR count). The number of likely N-dealkylation sites (tertiary alicyclic amines) is 1. The molecule has 1 fully saturated rings. The molecule has 1 N–H and O–H groups in total. The van der Waals surface area contributed by atoms with E-state index in [1.807, 2.05) is 24.3 Å². The van der Waals surface area contributed by atoms with Crippen LogP contribution in [0.1, 0.15) is 24.0 Å². The molecule has 23 heavy (non-hydrogen) atoms. The van der Waals surface area contributed by atoms with E-state index in [9.17, 15) is 4.79 Å². The fraction of sp³-hybridized carbons (Fsp3) is 0.316. The first-order valence-electron chi connectivity index (χ1n) is 8.05. The number of piperidine rings is 1. The summed E-state index contributed by atoms with van der Waals surface area (Å²) < 4.78 is 0. The van der Waals surface area contributed by atoms with Crippen LogP contribution in [0.25, 0.3) is 0 Å². The molecule has 2 heterocycles. The second-order valence-electron chi connectivity index (χ2n) is 6.49. The van der Waals surface area contributed by atoms with Crippen molar-refractivity contribution in [1.82, 2.24) is 4.90 Å². The van der Waals surface area contributed by atoms with Gasteiger partial charge in [0.05, 0.1) is 5.41 Å². The van der Waals surface area contributed by atoms with Crippen molar-refractivity contribution in [3.8, 4) is 0 Å². The minimum atomic E-state index is -0.395. The lowest BCUT2D eigenvalue weighted by molar-refractivity contribution is -0.122. The Kier molecular flexibility index (Phi) is 3.63. The van der Waals surface area contributed by atoms with Crippen molar-refractivity contribution >= 4 is 23.2 Å². The predicted molar refractivity (Wildman–Crippen MR) is 92.7 cm³/mol. The highest BCUT2D eigenvalue weighted by Crippen LogP contribution is 2.45. The van der Waals surface area contributed by atoms with Crippen LogP contribution in [0.2, 0.25) is 5.02 Å². The first-order chi connectivity index (χ1) is 11.2. The van der Waals surface area contributed by atoms with Crippen molar-refractivity contribution in [1.29, 1.82) is 0 Å². The van der Waals surface area contributed by atoms with Gasteiger partial charge in [-0.3, -0.25) is 9.69 Å². The number of carbonyl (C=O) groups excluding carboxylic acids is 1. The Hall–Kier alpha value is -1.84. The van der Waals surface area contributed by atoms with Gasteiger partial charge in [0.15, 0.2) is 0 Å². The van der Waals surface area contributed by atoms with Gasteiger partial charge in [-0.25, -0.2) is 0 Å². The number of nitrogens with zero attached hydrogens (tertiary/aromatic N) is 1. The molecule has 2 aliphatic heterocycles. The van der Waals surface area contributed by atoms with Crippen molar-refractivity contribution in [2.45, 2.75) is 24.8 Å². The van der Waals surface area contributed by atoms with E-state index in [1.54, 1.807) is 0 Å². The van der Waals surface area contributed by atoms with Gasteiger partial charge in [0, 0.05) is 17.3 Å². The van der Waals surface area contributed by atoms with E-state index in [2.05, 4.69) is 34.5 Å². The standard InChI is InChI=1S/C19H19ClN2O/c20-15-6-7-17-16(12-15)19(18(23)21-17)8-10-22(11-9-19)13-14-4-2-1-3-5-14/h1-7,12H,8-11,13H2,(H,21,23). The Bertz CT molecular complexity index is 736. The minimum absolute atomic E-state index is 0.133. The number of nitrogens with one attached hydrogen (secondary N) is 1. The monoisotopic (exact) mass is 326 g/mol. The van der Waals surface area contributed by atoms with Crippen LogP contribution < -0.4 is 5.32 Å². The number of hydrogen-bond donors (Lipinski definition) is 1. The second-order valence-corrected chi connectivity index (χ2v) is 6.92. The molecule has 3 nitrogen and oxygen atoms in total. The van der Waals surface area contributed by atoms with Gasteiger partial charge < -0.3 is 5.32 Å². The maximum absolute atomic E-state index is 12.6. The molecule has 0 aromatic heterocycles. The number of amides is 1. The van der Waals surface area contributed by atoms with Crippen molar-refractivity contribution in [2.75, 3.05) is 18.4 Å². The summed E-state index contributed by atoms with van der Waals surface area (Å²) in [5.74, 6) is 0.133. The molecule has 2 aromatic rings. The van der Waals surface area contributed by atoms with Crippen LogP contribution in [0.15, 0.2) is 48.5 Å².